The van der Waals surface area contributed by atoms with Gasteiger partial charge < -0.3 is 14.6 Å². The molecule has 5 heteroatoms. The van der Waals surface area contributed by atoms with Crippen molar-refractivity contribution in [3.05, 3.63) is 41.7 Å². The van der Waals surface area contributed by atoms with Crippen LogP contribution in [0.4, 0.5) is 0 Å². The number of nitrogens with zero attached hydrogens (tertiary/aromatic N) is 2. The third-order valence-electron chi connectivity index (χ3n) is 3.06. The van der Waals surface area contributed by atoms with Crippen LogP contribution in [0.2, 0.25) is 0 Å². The van der Waals surface area contributed by atoms with Gasteiger partial charge in [0.15, 0.2) is 11.5 Å². The Morgan fingerprint density at radius 2 is 2.10 bits per heavy atom. The van der Waals surface area contributed by atoms with Gasteiger partial charge in [-0.2, -0.15) is 5.10 Å². The molecule has 0 aliphatic carbocycles. The molecule has 0 amide bonds. The lowest BCUT2D eigenvalue weighted by Gasteiger charge is -2.15. The van der Waals surface area contributed by atoms with Crippen LogP contribution in [0.25, 0.3) is 0 Å². The first-order valence-electron chi connectivity index (χ1n) is 6.71. The molecule has 0 saturated carbocycles. The zero-order valence-electron chi connectivity index (χ0n) is 11.9. The molecule has 5 nitrogen and oxygen atoms in total. The number of hydrogen-bond donors (Lipinski definition) is 1. The SMILES string of the molecule is CCOc1cccc(CO)c1OCCc1ccnn1C. The van der Waals surface area contributed by atoms with Crippen LogP contribution >= 0.6 is 0 Å². The van der Waals surface area contributed by atoms with Gasteiger partial charge in [-0.25, -0.2) is 0 Å². The van der Waals surface area contributed by atoms with Crippen LogP contribution in [-0.4, -0.2) is 28.1 Å². The summed E-state index contributed by atoms with van der Waals surface area (Å²) >= 11 is 0. The van der Waals surface area contributed by atoms with Crippen LogP contribution in [-0.2, 0) is 20.1 Å². The molecule has 0 fully saturated rings. The largest absolute Gasteiger partial charge is 0.490 e. The molecule has 0 unspecified atom stereocenters. The molecule has 0 bridgehead atoms. The normalized spacial score (nSPS) is 10.6. The summed E-state index contributed by atoms with van der Waals surface area (Å²) in [6.07, 6.45) is 2.52. The van der Waals surface area contributed by atoms with Gasteiger partial charge in [0.2, 0.25) is 0 Å². The Bertz CT molecular complexity index is 552. The smallest absolute Gasteiger partial charge is 0.166 e. The van der Waals surface area contributed by atoms with Gasteiger partial charge in [-0.1, -0.05) is 12.1 Å². The van der Waals surface area contributed by atoms with E-state index in [9.17, 15) is 5.11 Å². The molecule has 1 aromatic carbocycles. The van der Waals surface area contributed by atoms with E-state index < -0.39 is 0 Å². The maximum atomic E-state index is 9.39. The van der Waals surface area contributed by atoms with Crippen molar-refractivity contribution in [1.82, 2.24) is 9.78 Å². The van der Waals surface area contributed by atoms with Crippen LogP contribution in [0.1, 0.15) is 18.2 Å². The molecule has 0 spiro atoms. The van der Waals surface area contributed by atoms with Gasteiger partial charge in [0.25, 0.3) is 0 Å². The topological polar surface area (TPSA) is 56.5 Å². The van der Waals surface area contributed by atoms with Crippen LogP contribution in [0.3, 0.4) is 0 Å². The molecule has 2 rings (SSSR count). The third-order valence-corrected chi connectivity index (χ3v) is 3.06. The van der Waals surface area contributed by atoms with Gasteiger partial charge in [0.05, 0.1) is 19.8 Å². The van der Waals surface area contributed by atoms with Crippen LogP contribution in [0, 0.1) is 0 Å². The second-order valence-corrected chi connectivity index (χ2v) is 4.38. The highest BCUT2D eigenvalue weighted by Crippen LogP contribution is 2.31. The molecule has 1 aromatic heterocycles. The summed E-state index contributed by atoms with van der Waals surface area (Å²) in [5, 5.41) is 13.5. The molecule has 0 atom stereocenters. The quantitative estimate of drug-likeness (QED) is 0.839. The summed E-state index contributed by atoms with van der Waals surface area (Å²) in [5.74, 6) is 1.29. The summed E-state index contributed by atoms with van der Waals surface area (Å²) in [7, 11) is 1.91. The Kier molecular flexibility index (Phi) is 5.01. The fourth-order valence-electron chi connectivity index (χ4n) is 2.02. The van der Waals surface area contributed by atoms with Crippen molar-refractivity contribution in [2.45, 2.75) is 20.0 Å². The molecule has 0 aliphatic rings. The minimum atomic E-state index is -0.0675. The van der Waals surface area contributed by atoms with Gasteiger partial charge in [-0.15, -0.1) is 0 Å². The van der Waals surface area contributed by atoms with Crippen molar-refractivity contribution in [3.63, 3.8) is 0 Å². The monoisotopic (exact) mass is 276 g/mol. The first-order chi connectivity index (χ1) is 9.76. The molecule has 108 valence electrons. The number of ether oxygens (including phenoxy) is 2. The molecular weight excluding hydrogens is 256 g/mol. The van der Waals surface area contributed by atoms with Crippen LogP contribution < -0.4 is 9.47 Å². The zero-order valence-corrected chi connectivity index (χ0v) is 11.9. The summed E-state index contributed by atoms with van der Waals surface area (Å²) < 4.78 is 13.2. The Morgan fingerprint density at radius 3 is 2.75 bits per heavy atom. The first-order valence-corrected chi connectivity index (χ1v) is 6.71. The van der Waals surface area contributed by atoms with E-state index in [2.05, 4.69) is 5.10 Å². The van der Waals surface area contributed by atoms with Crippen molar-refractivity contribution < 1.29 is 14.6 Å². The van der Waals surface area contributed by atoms with Crippen LogP contribution in [0.15, 0.2) is 30.5 Å². The Labute approximate surface area is 118 Å². The number of rotatable bonds is 7. The average molecular weight is 276 g/mol. The van der Waals surface area contributed by atoms with Gasteiger partial charge in [0, 0.05) is 30.9 Å². The molecule has 0 radical (unpaired) electrons. The molecule has 1 heterocycles. The van der Waals surface area contributed by atoms with Gasteiger partial charge in [-0.05, 0) is 19.1 Å². The minimum Gasteiger partial charge on any atom is -0.490 e. The number of benzene rings is 1. The first kappa shape index (κ1) is 14.4. The molecule has 0 saturated heterocycles. The van der Waals surface area contributed by atoms with Crippen molar-refractivity contribution in [2.75, 3.05) is 13.2 Å². The highest BCUT2D eigenvalue weighted by Gasteiger charge is 2.10. The summed E-state index contributed by atoms with van der Waals surface area (Å²) in [5.41, 5.74) is 1.84. The second-order valence-electron chi connectivity index (χ2n) is 4.38. The summed E-state index contributed by atoms with van der Waals surface area (Å²) in [4.78, 5) is 0. The maximum absolute atomic E-state index is 9.39. The standard InChI is InChI=1S/C15H20N2O3/c1-3-19-14-6-4-5-12(11-18)15(14)20-10-8-13-7-9-16-17(13)2/h4-7,9,18H,3,8,10-11H2,1-2H3. The third kappa shape index (κ3) is 3.30. The lowest BCUT2D eigenvalue weighted by atomic mass is 10.2. The molecule has 20 heavy (non-hydrogen) atoms. The second kappa shape index (κ2) is 6.96. The summed E-state index contributed by atoms with van der Waals surface area (Å²) in [6.45, 7) is 2.93. The fourth-order valence-corrected chi connectivity index (χ4v) is 2.02. The van der Waals surface area contributed by atoms with Crippen molar-refractivity contribution in [1.29, 1.82) is 0 Å². The fraction of sp³-hybridized carbons (Fsp3) is 0.400. The van der Waals surface area contributed by atoms with E-state index in [4.69, 9.17) is 9.47 Å². The lowest BCUT2D eigenvalue weighted by molar-refractivity contribution is 0.249. The van der Waals surface area contributed by atoms with Gasteiger partial charge >= 0.3 is 0 Å². The van der Waals surface area contributed by atoms with E-state index in [0.29, 0.717) is 24.7 Å². The van der Waals surface area contributed by atoms with E-state index in [0.717, 1.165) is 17.7 Å². The van der Waals surface area contributed by atoms with Gasteiger partial charge in [0.1, 0.15) is 0 Å². The lowest BCUT2D eigenvalue weighted by Crippen LogP contribution is -2.08. The number of aromatic nitrogens is 2. The number of hydrogen-bond acceptors (Lipinski definition) is 4. The van der Waals surface area contributed by atoms with E-state index in [-0.39, 0.29) is 6.61 Å². The molecule has 2 aromatic rings. The average Bonchev–Trinajstić information content (AvgIpc) is 2.86. The highest BCUT2D eigenvalue weighted by atomic mass is 16.5. The Hall–Kier alpha value is -2.01. The number of aliphatic hydroxyl groups excluding tert-OH is 1. The van der Waals surface area contributed by atoms with E-state index in [1.54, 1.807) is 6.20 Å². The minimum absolute atomic E-state index is 0.0675. The van der Waals surface area contributed by atoms with E-state index in [1.165, 1.54) is 0 Å². The number of para-hydroxylation sites is 1. The Morgan fingerprint density at radius 1 is 1.25 bits per heavy atom. The Balaban J connectivity index is 2.05. The predicted molar refractivity (Wildman–Crippen MR) is 75.9 cm³/mol. The highest BCUT2D eigenvalue weighted by molar-refractivity contribution is 5.46. The number of aliphatic hydroxyl groups is 1. The van der Waals surface area contributed by atoms with Crippen LogP contribution in [0.5, 0.6) is 11.5 Å². The van der Waals surface area contributed by atoms with Crippen molar-refractivity contribution in [2.24, 2.45) is 7.05 Å². The molecule has 0 aliphatic heterocycles. The molecular formula is C15H20N2O3. The number of aryl methyl sites for hydroxylation is 1. The van der Waals surface area contributed by atoms with Crippen molar-refractivity contribution >= 4 is 0 Å². The van der Waals surface area contributed by atoms with E-state index in [1.807, 2.05) is 42.9 Å². The molecule has 1 N–H and O–H groups in total. The zero-order chi connectivity index (χ0) is 14.4. The van der Waals surface area contributed by atoms with Gasteiger partial charge in [-0.3, -0.25) is 4.68 Å². The summed E-state index contributed by atoms with van der Waals surface area (Å²) in [6, 6.07) is 7.50. The maximum Gasteiger partial charge on any atom is 0.166 e. The van der Waals surface area contributed by atoms with E-state index >= 15 is 0 Å². The van der Waals surface area contributed by atoms with Crippen molar-refractivity contribution in [3.8, 4) is 11.5 Å². The predicted octanol–water partition coefficient (Wildman–Crippen LogP) is 1.93.